The van der Waals surface area contributed by atoms with Crippen LogP contribution in [-0.2, 0) is 5.75 Å². The Morgan fingerprint density at radius 1 is 1.27 bits per heavy atom. The highest BCUT2D eigenvalue weighted by atomic mass is 35.5. The molecule has 22 heavy (non-hydrogen) atoms. The van der Waals surface area contributed by atoms with E-state index in [0.29, 0.717) is 16.0 Å². The fourth-order valence-electron chi connectivity index (χ4n) is 2.15. The first-order chi connectivity index (χ1) is 10.8. The van der Waals surface area contributed by atoms with Crippen molar-refractivity contribution < 1.29 is 0 Å². The van der Waals surface area contributed by atoms with Crippen molar-refractivity contribution in [1.29, 1.82) is 0 Å². The molecule has 0 bridgehead atoms. The number of thioether (sulfide) groups is 1. The van der Waals surface area contributed by atoms with Gasteiger partial charge in [0.15, 0.2) is 0 Å². The van der Waals surface area contributed by atoms with Crippen molar-refractivity contribution >= 4 is 34.9 Å². The maximum absolute atomic E-state index is 6.03. The quantitative estimate of drug-likeness (QED) is 0.653. The van der Waals surface area contributed by atoms with Gasteiger partial charge in [-0.2, -0.15) is 0 Å². The van der Waals surface area contributed by atoms with Crippen LogP contribution in [0.3, 0.4) is 0 Å². The molecule has 112 valence electrons. The summed E-state index contributed by atoms with van der Waals surface area (Å²) in [6, 6.07) is 10.1. The van der Waals surface area contributed by atoms with E-state index >= 15 is 0 Å². The van der Waals surface area contributed by atoms with E-state index in [0.717, 1.165) is 22.4 Å². The second-order valence-electron chi connectivity index (χ2n) is 5.06. The highest BCUT2D eigenvalue weighted by molar-refractivity contribution is 7.98. The highest BCUT2D eigenvalue weighted by Crippen LogP contribution is 2.40. The average Bonchev–Trinajstić information content (AvgIpc) is 3.18. The molecule has 1 fully saturated rings. The molecule has 4 rings (SSSR count). The molecule has 1 aliphatic carbocycles. The van der Waals surface area contributed by atoms with Gasteiger partial charge >= 0.3 is 0 Å². The Morgan fingerprint density at radius 2 is 2.09 bits per heavy atom. The molecule has 2 heterocycles. The molecule has 0 unspecified atom stereocenters. The third kappa shape index (κ3) is 2.88. The summed E-state index contributed by atoms with van der Waals surface area (Å²) in [6.07, 6.45) is 2.38. The van der Waals surface area contributed by atoms with Gasteiger partial charge < -0.3 is 0 Å². The van der Waals surface area contributed by atoms with Gasteiger partial charge in [0.1, 0.15) is 15.9 Å². The summed E-state index contributed by atoms with van der Waals surface area (Å²) in [7, 11) is 0. The van der Waals surface area contributed by atoms with Gasteiger partial charge in [-0.15, -0.1) is 10.2 Å². The number of hydrogen-bond acceptors (Lipinski definition) is 6. The van der Waals surface area contributed by atoms with Gasteiger partial charge in [-0.1, -0.05) is 46.1 Å². The Hall–Kier alpha value is -1.44. The summed E-state index contributed by atoms with van der Waals surface area (Å²) in [5.41, 5.74) is 1.85. The average molecular weight is 350 g/mol. The number of hydrogen-bond donors (Lipinski definition) is 0. The normalized spacial score (nSPS) is 14.4. The van der Waals surface area contributed by atoms with Crippen molar-refractivity contribution in [3.8, 4) is 5.69 Å². The molecule has 0 N–H and O–H groups in total. The van der Waals surface area contributed by atoms with E-state index in [4.69, 9.17) is 16.6 Å². The van der Waals surface area contributed by atoms with Crippen LogP contribution in [0.4, 0.5) is 0 Å². The SMILES string of the molecule is Clc1snnc1CSc1nc(C2CC2)n(-c2ccccc2)n1. The summed E-state index contributed by atoms with van der Waals surface area (Å²) < 4.78 is 6.44. The largest absolute Gasteiger partial charge is 0.216 e. The molecule has 1 saturated carbocycles. The van der Waals surface area contributed by atoms with E-state index in [-0.39, 0.29) is 0 Å². The minimum atomic E-state index is 0.534. The predicted molar refractivity (Wildman–Crippen MR) is 87.8 cm³/mol. The molecule has 2 aromatic heterocycles. The maximum atomic E-state index is 6.03. The number of benzene rings is 1. The highest BCUT2D eigenvalue weighted by Gasteiger charge is 2.30. The van der Waals surface area contributed by atoms with E-state index in [1.807, 2.05) is 22.9 Å². The van der Waals surface area contributed by atoms with Gasteiger partial charge in [-0.25, -0.2) is 9.67 Å². The molecule has 3 aromatic rings. The van der Waals surface area contributed by atoms with Crippen LogP contribution in [0.25, 0.3) is 5.69 Å². The summed E-state index contributed by atoms with van der Waals surface area (Å²) in [4.78, 5) is 4.70. The van der Waals surface area contributed by atoms with E-state index < -0.39 is 0 Å². The topological polar surface area (TPSA) is 56.5 Å². The van der Waals surface area contributed by atoms with E-state index in [9.17, 15) is 0 Å². The first-order valence-electron chi connectivity index (χ1n) is 6.93. The summed E-state index contributed by atoms with van der Waals surface area (Å²) in [6.45, 7) is 0. The number of aromatic nitrogens is 5. The van der Waals surface area contributed by atoms with E-state index in [1.54, 1.807) is 11.8 Å². The van der Waals surface area contributed by atoms with Gasteiger partial charge in [-0.3, -0.25) is 0 Å². The van der Waals surface area contributed by atoms with Crippen molar-refractivity contribution in [2.75, 3.05) is 0 Å². The van der Waals surface area contributed by atoms with Crippen LogP contribution < -0.4 is 0 Å². The van der Waals surface area contributed by atoms with Crippen LogP contribution in [-0.4, -0.2) is 24.4 Å². The lowest BCUT2D eigenvalue weighted by atomic mass is 10.3. The van der Waals surface area contributed by atoms with Gasteiger partial charge in [-0.05, 0) is 25.0 Å². The van der Waals surface area contributed by atoms with Crippen molar-refractivity contribution in [2.45, 2.75) is 29.7 Å². The molecular weight excluding hydrogens is 338 g/mol. The summed E-state index contributed by atoms with van der Waals surface area (Å²) in [5.74, 6) is 2.22. The number of para-hydroxylation sites is 1. The monoisotopic (exact) mass is 349 g/mol. The van der Waals surface area contributed by atoms with Crippen LogP contribution >= 0.6 is 34.9 Å². The van der Waals surface area contributed by atoms with Crippen LogP contribution in [0.5, 0.6) is 0 Å². The zero-order valence-corrected chi connectivity index (χ0v) is 13.9. The van der Waals surface area contributed by atoms with Crippen LogP contribution in [0, 0.1) is 0 Å². The lowest BCUT2D eigenvalue weighted by molar-refractivity contribution is 0.782. The van der Waals surface area contributed by atoms with Gasteiger partial charge in [0.25, 0.3) is 0 Å². The minimum absolute atomic E-state index is 0.534. The lowest BCUT2D eigenvalue weighted by Crippen LogP contribution is -2.01. The van der Waals surface area contributed by atoms with E-state index in [2.05, 4.69) is 26.8 Å². The Bertz CT molecular complexity index is 782. The van der Waals surface area contributed by atoms with Crippen molar-refractivity contribution in [3.05, 3.63) is 46.2 Å². The number of nitrogens with zero attached hydrogens (tertiary/aromatic N) is 5. The zero-order chi connectivity index (χ0) is 14.9. The van der Waals surface area contributed by atoms with Crippen LogP contribution in [0.1, 0.15) is 30.3 Å². The molecule has 1 aliphatic rings. The summed E-state index contributed by atoms with van der Waals surface area (Å²) in [5, 5.41) is 9.43. The van der Waals surface area contributed by atoms with Gasteiger partial charge in [0, 0.05) is 23.2 Å². The Morgan fingerprint density at radius 3 is 2.77 bits per heavy atom. The first kappa shape index (κ1) is 14.2. The zero-order valence-electron chi connectivity index (χ0n) is 11.5. The Labute approximate surface area is 140 Å². The van der Waals surface area contributed by atoms with Gasteiger partial charge in [0.05, 0.1) is 5.69 Å². The second kappa shape index (κ2) is 5.98. The molecule has 0 radical (unpaired) electrons. The molecular formula is C14H12ClN5S2. The predicted octanol–water partition coefficient (Wildman–Crippen LogP) is 3.94. The maximum Gasteiger partial charge on any atom is 0.209 e. The molecule has 5 nitrogen and oxygen atoms in total. The smallest absolute Gasteiger partial charge is 0.209 e. The second-order valence-corrected chi connectivity index (χ2v) is 7.35. The number of rotatable bonds is 5. The van der Waals surface area contributed by atoms with Gasteiger partial charge in [0.2, 0.25) is 5.16 Å². The molecule has 0 amide bonds. The van der Waals surface area contributed by atoms with Crippen LogP contribution in [0.2, 0.25) is 4.34 Å². The molecule has 8 heteroatoms. The molecule has 0 spiro atoms. The van der Waals surface area contributed by atoms with Crippen LogP contribution in [0.15, 0.2) is 35.5 Å². The molecule has 0 atom stereocenters. The van der Waals surface area contributed by atoms with Crippen molar-refractivity contribution in [2.24, 2.45) is 0 Å². The third-order valence-corrected chi connectivity index (χ3v) is 5.24. The van der Waals surface area contributed by atoms with E-state index in [1.165, 1.54) is 24.4 Å². The Balaban J connectivity index is 1.60. The minimum Gasteiger partial charge on any atom is -0.216 e. The van der Waals surface area contributed by atoms with Crippen molar-refractivity contribution in [1.82, 2.24) is 24.4 Å². The fraction of sp³-hybridized carbons (Fsp3) is 0.286. The van der Waals surface area contributed by atoms with Crippen molar-refractivity contribution in [3.63, 3.8) is 0 Å². The third-order valence-electron chi connectivity index (χ3n) is 3.40. The fourth-order valence-corrected chi connectivity index (χ4v) is 3.71. The molecule has 0 saturated heterocycles. The molecule has 1 aromatic carbocycles. The molecule has 0 aliphatic heterocycles. The Kier molecular flexibility index (Phi) is 3.85. The number of halogens is 1. The standard InChI is InChI=1S/C14H12ClN5S2/c15-12-11(17-19-22-12)8-21-14-16-13(9-6-7-9)20(18-14)10-4-2-1-3-5-10/h1-5,9H,6-8H2. The lowest BCUT2D eigenvalue weighted by Gasteiger charge is -2.03. The summed E-state index contributed by atoms with van der Waals surface area (Å²) >= 11 is 8.78. The first-order valence-corrected chi connectivity index (χ1v) is 9.07.